The first-order valence-electron chi connectivity index (χ1n) is 10.1. The Morgan fingerprint density at radius 2 is 1.41 bits per heavy atom. The van der Waals surface area contributed by atoms with Crippen molar-refractivity contribution in [2.24, 2.45) is 0 Å². The number of amides is 1. The van der Waals surface area contributed by atoms with Gasteiger partial charge in [0.1, 0.15) is 12.4 Å². The van der Waals surface area contributed by atoms with Gasteiger partial charge in [-0.3, -0.25) is 4.79 Å². The lowest BCUT2D eigenvalue weighted by atomic mass is 10.1. The van der Waals surface area contributed by atoms with Gasteiger partial charge in [-0.15, -0.1) is 0 Å². The second kappa shape index (κ2) is 10.9. The Morgan fingerprint density at radius 1 is 0.750 bits per heavy atom. The highest BCUT2D eigenvalue weighted by Crippen LogP contribution is 2.31. The number of ether oxygens (including phenoxy) is 5. The van der Waals surface area contributed by atoms with Gasteiger partial charge in [-0.2, -0.15) is 0 Å². The van der Waals surface area contributed by atoms with E-state index in [2.05, 4.69) is 5.32 Å². The smallest absolute Gasteiger partial charge is 0.255 e. The van der Waals surface area contributed by atoms with Gasteiger partial charge in [0.05, 0.1) is 27.9 Å². The Balaban J connectivity index is 1.80. The number of carbonyl (C=O) groups is 1. The van der Waals surface area contributed by atoms with Crippen LogP contribution in [0.5, 0.6) is 28.7 Å². The van der Waals surface area contributed by atoms with Gasteiger partial charge < -0.3 is 29.0 Å². The first kappa shape index (κ1) is 22.8. The van der Waals surface area contributed by atoms with Crippen LogP contribution < -0.4 is 29.0 Å². The molecule has 0 atom stereocenters. The molecule has 1 N–H and O–H groups in total. The molecule has 3 rings (SSSR count). The van der Waals surface area contributed by atoms with Crippen molar-refractivity contribution in [2.45, 2.75) is 13.5 Å². The van der Waals surface area contributed by atoms with E-state index in [-0.39, 0.29) is 12.5 Å². The van der Waals surface area contributed by atoms with E-state index in [4.69, 9.17) is 23.7 Å². The minimum Gasteiger partial charge on any atom is -0.493 e. The molecule has 1 amide bonds. The van der Waals surface area contributed by atoms with Gasteiger partial charge in [-0.05, 0) is 49.4 Å². The summed E-state index contributed by atoms with van der Waals surface area (Å²) in [6.07, 6.45) is 0. The lowest BCUT2D eigenvalue weighted by molar-refractivity contribution is 0.102. The van der Waals surface area contributed by atoms with Gasteiger partial charge in [0.25, 0.3) is 5.91 Å². The number of rotatable bonds is 10. The highest BCUT2D eigenvalue weighted by atomic mass is 16.5. The molecule has 0 fully saturated rings. The fraction of sp³-hybridized carbons (Fsp3) is 0.240. The molecule has 3 aromatic rings. The first-order chi connectivity index (χ1) is 15.6. The molecule has 0 unspecified atom stereocenters. The molecule has 3 aromatic carbocycles. The van der Waals surface area contributed by atoms with Gasteiger partial charge in [-0.25, -0.2) is 0 Å². The summed E-state index contributed by atoms with van der Waals surface area (Å²) in [4.78, 5) is 12.9. The summed E-state index contributed by atoms with van der Waals surface area (Å²) in [5.41, 5.74) is 1.81. The van der Waals surface area contributed by atoms with E-state index in [9.17, 15) is 4.79 Å². The molecule has 32 heavy (non-hydrogen) atoms. The third-order valence-corrected chi connectivity index (χ3v) is 4.72. The number of hydrogen-bond acceptors (Lipinski definition) is 6. The maximum atomic E-state index is 12.9. The molecule has 0 aromatic heterocycles. The van der Waals surface area contributed by atoms with Gasteiger partial charge in [0, 0.05) is 22.9 Å². The fourth-order valence-corrected chi connectivity index (χ4v) is 3.14. The highest BCUT2D eigenvalue weighted by Gasteiger charge is 2.14. The van der Waals surface area contributed by atoms with Crippen LogP contribution in [0.3, 0.4) is 0 Å². The molecule has 0 radical (unpaired) electrons. The van der Waals surface area contributed by atoms with E-state index in [1.807, 2.05) is 31.2 Å². The largest absolute Gasteiger partial charge is 0.493 e. The first-order valence-corrected chi connectivity index (χ1v) is 10.1. The predicted molar refractivity (Wildman–Crippen MR) is 122 cm³/mol. The Bertz CT molecular complexity index is 1070. The summed E-state index contributed by atoms with van der Waals surface area (Å²) < 4.78 is 27.5. The molecule has 0 aliphatic carbocycles. The van der Waals surface area contributed by atoms with Crippen LogP contribution in [0.25, 0.3) is 0 Å². The van der Waals surface area contributed by atoms with E-state index in [1.54, 1.807) is 57.7 Å². The zero-order valence-corrected chi connectivity index (χ0v) is 18.6. The van der Waals surface area contributed by atoms with E-state index in [0.29, 0.717) is 46.6 Å². The summed E-state index contributed by atoms with van der Waals surface area (Å²) in [7, 11) is 4.70. The van der Waals surface area contributed by atoms with Gasteiger partial charge in [-0.1, -0.05) is 12.1 Å². The summed E-state index contributed by atoms with van der Waals surface area (Å²) in [5.74, 6) is 2.75. The zero-order chi connectivity index (χ0) is 22.9. The quantitative estimate of drug-likeness (QED) is 0.484. The van der Waals surface area contributed by atoms with E-state index in [0.717, 1.165) is 5.56 Å². The second-order valence-electron chi connectivity index (χ2n) is 6.72. The number of para-hydroxylation sites is 2. The molecular formula is C25H27NO6. The molecule has 0 saturated carbocycles. The van der Waals surface area contributed by atoms with Crippen molar-refractivity contribution in [2.75, 3.05) is 33.3 Å². The van der Waals surface area contributed by atoms with Crippen molar-refractivity contribution in [1.29, 1.82) is 0 Å². The van der Waals surface area contributed by atoms with Crippen LogP contribution in [0, 0.1) is 0 Å². The number of methoxy groups -OCH3 is 3. The zero-order valence-electron chi connectivity index (χ0n) is 18.6. The minimum atomic E-state index is -0.265. The van der Waals surface area contributed by atoms with Gasteiger partial charge in [0.15, 0.2) is 23.0 Å². The second-order valence-corrected chi connectivity index (χ2v) is 6.72. The average Bonchev–Trinajstić information content (AvgIpc) is 2.83. The molecule has 0 aliphatic rings. The van der Waals surface area contributed by atoms with Gasteiger partial charge in [0.2, 0.25) is 0 Å². The molecule has 0 spiro atoms. The Labute approximate surface area is 187 Å². The number of benzene rings is 3. The van der Waals surface area contributed by atoms with E-state index in [1.165, 1.54) is 0 Å². The minimum absolute atomic E-state index is 0.215. The molecule has 0 heterocycles. The maximum absolute atomic E-state index is 12.9. The number of hydrogen-bond donors (Lipinski definition) is 1. The van der Waals surface area contributed by atoms with Crippen molar-refractivity contribution in [3.05, 3.63) is 71.8 Å². The summed E-state index contributed by atoms with van der Waals surface area (Å²) in [6.45, 7) is 2.62. The lowest BCUT2D eigenvalue weighted by Gasteiger charge is -2.15. The van der Waals surface area contributed by atoms with Crippen molar-refractivity contribution < 1.29 is 28.5 Å². The van der Waals surface area contributed by atoms with Crippen LogP contribution in [0.1, 0.15) is 22.8 Å². The molecule has 0 bridgehead atoms. The van der Waals surface area contributed by atoms with Crippen LogP contribution in [0.2, 0.25) is 0 Å². The van der Waals surface area contributed by atoms with Crippen LogP contribution in [-0.2, 0) is 6.61 Å². The molecule has 7 heteroatoms. The normalized spacial score (nSPS) is 10.2. The summed E-state index contributed by atoms with van der Waals surface area (Å²) in [5, 5.41) is 2.88. The molecule has 7 nitrogen and oxygen atoms in total. The predicted octanol–water partition coefficient (Wildman–Crippen LogP) is 4.94. The Hall–Kier alpha value is -3.87. The lowest BCUT2D eigenvalue weighted by Crippen LogP contribution is -2.13. The maximum Gasteiger partial charge on any atom is 0.255 e. The fourth-order valence-electron chi connectivity index (χ4n) is 3.14. The van der Waals surface area contributed by atoms with Crippen LogP contribution in [0.15, 0.2) is 60.7 Å². The van der Waals surface area contributed by atoms with Crippen LogP contribution in [0.4, 0.5) is 5.69 Å². The topological polar surface area (TPSA) is 75.3 Å². The Morgan fingerprint density at radius 3 is 2.09 bits per heavy atom. The van der Waals surface area contributed by atoms with Crippen LogP contribution in [-0.4, -0.2) is 33.8 Å². The standard InChI is InChI=1S/C25H27NO6/c1-5-31-20-12-10-17(14-18(20)16-32-23-9-7-6-8-21(23)28-2)25(27)26-19-11-13-22(29-3)24(15-19)30-4/h6-15H,5,16H2,1-4H3,(H,26,27). The molecule has 0 aliphatic heterocycles. The van der Waals surface area contributed by atoms with E-state index >= 15 is 0 Å². The van der Waals surface area contributed by atoms with Crippen molar-refractivity contribution in [3.8, 4) is 28.7 Å². The summed E-state index contributed by atoms with van der Waals surface area (Å²) in [6, 6.07) is 17.8. The molecular weight excluding hydrogens is 410 g/mol. The monoisotopic (exact) mass is 437 g/mol. The third-order valence-electron chi connectivity index (χ3n) is 4.72. The third kappa shape index (κ3) is 5.43. The van der Waals surface area contributed by atoms with Gasteiger partial charge >= 0.3 is 0 Å². The van der Waals surface area contributed by atoms with Crippen molar-refractivity contribution >= 4 is 11.6 Å². The van der Waals surface area contributed by atoms with Crippen molar-refractivity contribution in [3.63, 3.8) is 0 Å². The highest BCUT2D eigenvalue weighted by molar-refractivity contribution is 6.04. The van der Waals surface area contributed by atoms with E-state index < -0.39 is 0 Å². The van der Waals surface area contributed by atoms with Crippen LogP contribution >= 0.6 is 0 Å². The number of carbonyl (C=O) groups excluding carboxylic acids is 1. The van der Waals surface area contributed by atoms with Crippen molar-refractivity contribution in [1.82, 2.24) is 0 Å². The average molecular weight is 437 g/mol. The Kier molecular flexibility index (Phi) is 7.80. The molecule has 168 valence electrons. The number of nitrogens with one attached hydrogen (secondary N) is 1. The molecule has 0 saturated heterocycles. The SMILES string of the molecule is CCOc1ccc(C(=O)Nc2ccc(OC)c(OC)c2)cc1COc1ccccc1OC. The number of anilines is 1. The summed E-state index contributed by atoms with van der Waals surface area (Å²) >= 11 is 0.